The molecule has 1 rings (SSSR count). The summed E-state index contributed by atoms with van der Waals surface area (Å²) in [6.07, 6.45) is 3.46. The van der Waals surface area contributed by atoms with E-state index in [1.54, 1.807) is 18.2 Å². The molecule has 0 spiro atoms. The van der Waals surface area contributed by atoms with E-state index in [4.69, 9.17) is 0 Å². The number of aromatic hydroxyl groups is 1. The van der Waals surface area contributed by atoms with Gasteiger partial charge in [0.05, 0.1) is 6.42 Å². The number of phenolic OH excluding ortho intramolecular Hbond substituents is 1. The Balaban J connectivity index is 2.70. The molecule has 19 heavy (non-hydrogen) atoms. The van der Waals surface area contributed by atoms with Crippen LogP contribution in [0, 0.1) is 0 Å². The molecule has 3 heteroatoms. The van der Waals surface area contributed by atoms with Gasteiger partial charge >= 0.3 is 0 Å². The zero-order valence-electron chi connectivity index (χ0n) is 12.2. The molecule has 0 heterocycles. The number of unbranched alkanes of at least 4 members (excludes halogenated alkanes) is 1. The van der Waals surface area contributed by atoms with E-state index in [-0.39, 0.29) is 17.7 Å². The molecule has 0 aliphatic rings. The number of phenols is 1. The Bertz CT molecular complexity index is 403. The van der Waals surface area contributed by atoms with Crippen molar-refractivity contribution in [1.82, 2.24) is 4.90 Å². The topological polar surface area (TPSA) is 40.5 Å². The van der Waals surface area contributed by atoms with E-state index in [1.165, 1.54) is 0 Å². The maximum Gasteiger partial charge on any atom is 0.227 e. The lowest BCUT2D eigenvalue weighted by Crippen LogP contribution is -2.39. The van der Waals surface area contributed by atoms with Crippen LogP contribution < -0.4 is 0 Å². The van der Waals surface area contributed by atoms with Crippen LogP contribution in [-0.2, 0) is 11.2 Å². The second kappa shape index (κ2) is 7.82. The van der Waals surface area contributed by atoms with Gasteiger partial charge < -0.3 is 10.0 Å². The van der Waals surface area contributed by atoms with E-state index >= 15 is 0 Å². The first-order chi connectivity index (χ1) is 9.08. The molecule has 0 aliphatic heterocycles. The van der Waals surface area contributed by atoms with Gasteiger partial charge in [-0.2, -0.15) is 0 Å². The Hall–Kier alpha value is -1.51. The lowest BCUT2D eigenvalue weighted by molar-refractivity contribution is -0.132. The fourth-order valence-electron chi connectivity index (χ4n) is 2.08. The highest BCUT2D eigenvalue weighted by Gasteiger charge is 2.18. The molecule has 1 amide bonds. The second-order valence-corrected chi connectivity index (χ2v) is 5.04. The summed E-state index contributed by atoms with van der Waals surface area (Å²) < 4.78 is 0. The quantitative estimate of drug-likeness (QED) is 0.819. The number of carbonyl (C=O) groups excluding carboxylic acids is 1. The van der Waals surface area contributed by atoms with Crippen LogP contribution >= 0.6 is 0 Å². The minimum absolute atomic E-state index is 0.147. The summed E-state index contributed by atoms with van der Waals surface area (Å²) in [7, 11) is 0. The molecule has 1 aromatic carbocycles. The third-order valence-corrected chi connectivity index (χ3v) is 3.46. The summed E-state index contributed by atoms with van der Waals surface area (Å²) in [6, 6.07) is 7.21. The summed E-state index contributed by atoms with van der Waals surface area (Å²) in [4.78, 5) is 14.3. The molecule has 106 valence electrons. The third-order valence-electron chi connectivity index (χ3n) is 3.46. The number of amides is 1. The Kier molecular flexibility index (Phi) is 6.40. The maximum absolute atomic E-state index is 12.4. The normalized spacial score (nSPS) is 12.2. The van der Waals surface area contributed by atoms with Gasteiger partial charge in [-0.1, -0.05) is 32.4 Å². The number of hydrogen-bond donors (Lipinski definition) is 1. The number of rotatable bonds is 7. The van der Waals surface area contributed by atoms with E-state index in [2.05, 4.69) is 20.8 Å². The van der Waals surface area contributed by atoms with Crippen molar-refractivity contribution in [3.63, 3.8) is 0 Å². The van der Waals surface area contributed by atoms with Crippen LogP contribution in [0.5, 0.6) is 5.75 Å². The zero-order chi connectivity index (χ0) is 14.3. The van der Waals surface area contributed by atoms with Crippen LogP contribution in [0.15, 0.2) is 24.3 Å². The SMILES string of the molecule is CCCCN(C(=O)Cc1cccc(O)c1)C(C)CC. The van der Waals surface area contributed by atoms with Crippen molar-refractivity contribution in [2.45, 2.75) is 52.5 Å². The highest BCUT2D eigenvalue weighted by atomic mass is 16.3. The molecule has 1 N–H and O–H groups in total. The average Bonchev–Trinajstić information content (AvgIpc) is 2.38. The van der Waals surface area contributed by atoms with Crippen molar-refractivity contribution in [3.05, 3.63) is 29.8 Å². The highest BCUT2D eigenvalue weighted by Crippen LogP contribution is 2.14. The minimum atomic E-state index is 0.147. The molecule has 0 radical (unpaired) electrons. The molecule has 1 aromatic rings. The lowest BCUT2D eigenvalue weighted by Gasteiger charge is -2.28. The second-order valence-electron chi connectivity index (χ2n) is 5.04. The van der Waals surface area contributed by atoms with Gasteiger partial charge in [0.15, 0.2) is 0 Å². The summed E-state index contributed by atoms with van der Waals surface area (Å²) >= 11 is 0. The molecule has 0 saturated heterocycles. The summed E-state index contributed by atoms with van der Waals surface area (Å²) in [5, 5.41) is 9.44. The van der Waals surface area contributed by atoms with Gasteiger partial charge in [-0.05, 0) is 37.5 Å². The van der Waals surface area contributed by atoms with Crippen molar-refractivity contribution in [1.29, 1.82) is 0 Å². The van der Waals surface area contributed by atoms with Crippen molar-refractivity contribution >= 4 is 5.91 Å². The van der Waals surface area contributed by atoms with Crippen LogP contribution in [0.3, 0.4) is 0 Å². The Morgan fingerprint density at radius 2 is 2.11 bits per heavy atom. The van der Waals surface area contributed by atoms with Crippen molar-refractivity contribution in [2.24, 2.45) is 0 Å². The standard InChI is InChI=1S/C16H25NO2/c1-4-6-10-17(13(3)5-2)16(19)12-14-8-7-9-15(18)11-14/h7-9,11,13,18H,4-6,10,12H2,1-3H3. The van der Waals surface area contributed by atoms with Gasteiger partial charge in [-0.3, -0.25) is 4.79 Å². The summed E-state index contributed by atoms with van der Waals surface area (Å²) in [6.45, 7) is 7.15. The average molecular weight is 263 g/mol. The van der Waals surface area contributed by atoms with E-state index in [9.17, 15) is 9.90 Å². The van der Waals surface area contributed by atoms with Gasteiger partial charge in [0.25, 0.3) is 0 Å². The largest absolute Gasteiger partial charge is 0.508 e. The maximum atomic E-state index is 12.4. The van der Waals surface area contributed by atoms with Crippen molar-refractivity contribution < 1.29 is 9.90 Å². The Morgan fingerprint density at radius 3 is 2.68 bits per heavy atom. The molecule has 0 fully saturated rings. The molecule has 0 saturated carbocycles. The van der Waals surface area contributed by atoms with Gasteiger partial charge in [0.2, 0.25) is 5.91 Å². The molecule has 1 unspecified atom stereocenters. The fourth-order valence-corrected chi connectivity index (χ4v) is 2.08. The van der Waals surface area contributed by atoms with Crippen LogP contribution in [0.1, 0.15) is 45.6 Å². The van der Waals surface area contributed by atoms with Gasteiger partial charge in [0.1, 0.15) is 5.75 Å². The predicted octanol–water partition coefficient (Wildman–Crippen LogP) is 3.36. The first-order valence-corrected chi connectivity index (χ1v) is 7.15. The zero-order valence-corrected chi connectivity index (χ0v) is 12.2. The van der Waals surface area contributed by atoms with Gasteiger partial charge in [-0.25, -0.2) is 0 Å². The van der Waals surface area contributed by atoms with Crippen LogP contribution in [0.25, 0.3) is 0 Å². The van der Waals surface area contributed by atoms with Crippen LogP contribution in [0.4, 0.5) is 0 Å². The number of benzene rings is 1. The van der Waals surface area contributed by atoms with Gasteiger partial charge in [-0.15, -0.1) is 0 Å². The molecule has 1 atom stereocenters. The molecular weight excluding hydrogens is 238 g/mol. The predicted molar refractivity (Wildman–Crippen MR) is 78.2 cm³/mol. The Morgan fingerprint density at radius 1 is 1.37 bits per heavy atom. The molecule has 3 nitrogen and oxygen atoms in total. The Labute approximate surface area is 116 Å². The lowest BCUT2D eigenvalue weighted by atomic mass is 10.1. The number of hydrogen-bond acceptors (Lipinski definition) is 2. The van der Waals surface area contributed by atoms with Crippen LogP contribution in [0.2, 0.25) is 0 Å². The van der Waals surface area contributed by atoms with Gasteiger partial charge in [0, 0.05) is 12.6 Å². The number of nitrogens with zero attached hydrogens (tertiary/aromatic N) is 1. The van der Waals surface area contributed by atoms with E-state index in [1.807, 2.05) is 11.0 Å². The van der Waals surface area contributed by atoms with E-state index < -0.39 is 0 Å². The molecule has 0 aromatic heterocycles. The van der Waals surface area contributed by atoms with Crippen molar-refractivity contribution in [2.75, 3.05) is 6.54 Å². The summed E-state index contributed by atoms with van der Waals surface area (Å²) in [5.41, 5.74) is 0.870. The first-order valence-electron chi connectivity index (χ1n) is 7.15. The van der Waals surface area contributed by atoms with E-state index in [0.717, 1.165) is 31.4 Å². The van der Waals surface area contributed by atoms with Crippen LogP contribution in [-0.4, -0.2) is 28.5 Å². The van der Waals surface area contributed by atoms with Crippen molar-refractivity contribution in [3.8, 4) is 5.75 Å². The smallest absolute Gasteiger partial charge is 0.227 e. The molecule has 0 bridgehead atoms. The molecule has 0 aliphatic carbocycles. The number of carbonyl (C=O) groups is 1. The highest BCUT2D eigenvalue weighted by molar-refractivity contribution is 5.79. The van der Waals surface area contributed by atoms with E-state index in [0.29, 0.717) is 6.42 Å². The summed E-state index contributed by atoms with van der Waals surface area (Å²) in [5.74, 6) is 0.363. The third kappa shape index (κ3) is 4.93. The molecular formula is C16H25NO2. The minimum Gasteiger partial charge on any atom is -0.508 e. The fraction of sp³-hybridized carbons (Fsp3) is 0.562. The first kappa shape index (κ1) is 15.5. The monoisotopic (exact) mass is 263 g/mol.